The summed E-state index contributed by atoms with van der Waals surface area (Å²) in [6.07, 6.45) is 1.83. The van der Waals surface area contributed by atoms with E-state index in [2.05, 4.69) is 15.5 Å². The second-order valence-corrected chi connectivity index (χ2v) is 3.36. The molecule has 5 nitrogen and oxygen atoms in total. The number of benzene rings is 1. The lowest BCUT2D eigenvalue weighted by molar-refractivity contribution is -0.115. The Balaban J connectivity index is 1.97. The van der Waals surface area contributed by atoms with Gasteiger partial charge >= 0.3 is 0 Å². The van der Waals surface area contributed by atoms with E-state index in [4.69, 9.17) is 0 Å². The minimum absolute atomic E-state index is 0.124. The SMILES string of the molecule is O=C(Cc1ccn[nH]1)Nc1cccc(O)c1. The summed E-state index contributed by atoms with van der Waals surface area (Å²) >= 11 is 0. The van der Waals surface area contributed by atoms with Gasteiger partial charge in [-0.25, -0.2) is 0 Å². The molecule has 1 aromatic carbocycles. The van der Waals surface area contributed by atoms with E-state index in [0.717, 1.165) is 5.69 Å². The summed E-state index contributed by atoms with van der Waals surface area (Å²) in [5.41, 5.74) is 1.32. The molecule has 1 amide bonds. The molecule has 0 aliphatic rings. The van der Waals surface area contributed by atoms with Crippen LogP contribution in [0.25, 0.3) is 0 Å². The molecule has 0 spiro atoms. The Kier molecular flexibility index (Phi) is 2.86. The van der Waals surface area contributed by atoms with Gasteiger partial charge in [0.05, 0.1) is 6.42 Å². The molecule has 1 aromatic heterocycles. The van der Waals surface area contributed by atoms with E-state index in [1.165, 1.54) is 6.07 Å². The van der Waals surface area contributed by atoms with E-state index >= 15 is 0 Å². The maximum absolute atomic E-state index is 11.6. The maximum Gasteiger partial charge on any atom is 0.230 e. The van der Waals surface area contributed by atoms with Crippen molar-refractivity contribution in [1.29, 1.82) is 0 Å². The first-order valence-electron chi connectivity index (χ1n) is 4.81. The third-order valence-corrected chi connectivity index (χ3v) is 2.04. The predicted octanol–water partition coefficient (Wildman–Crippen LogP) is 1.30. The lowest BCUT2D eigenvalue weighted by Crippen LogP contribution is -2.14. The number of hydrogen-bond acceptors (Lipinski definition) is 3. The van der Waals surface area contributed by atoms with Crippen LogP contribution in [0.5, 0.6) is 5.75 Å². The quantitative estimate of drug-likeness (QED) is 0.725. The van der Waals surface area contributed by atoms with Crippen LogP contribution in [0.1, 0.15) is 5.69 Å². The fourth-order valence-electron chi connectivity index (χ4n) is 1.34. The van der Waals surface area contributed by atoms with Gasteiger partial charge in [-0.2, -0.15) is 5.10 Å². The molecule has 0 bridgehead atoms. The number of amides is 1. The normalized spacial score (nSPS) is 10.0. The van der Waals surface area contributed by atoms with Crippen molar-refractivity contribution in [1.82, 2.24) is 10.2 Å². The van der Waals surface area contributed by atoms with Crippen molar-refractivity contribution in [3.8, 4) is 5.75 Å². The van der Waals surface area contributed by atoms with E-state index in [1.807, 2.05) is 0 Å². The molecule has 1 heterocycles. The number of H-pyrrole nitrogens is 1. The zero-order valence-corrected chi connectivity index (χ0v) is 8.47. The predicted molar refractivity (Wildman–Crippen MR) is 59.0 cm³/mol. The van der Waals surface area contributed by atoms with Gasteiger partial charge in [0.1, 0.15) is 5.75 Å². The number of carbonyl (C=O) groups excluding carboxylic acids is 1. The van der Waals surface area contributed by atoms with Gasteiger partial charge < -0.3 is 10.4 Å². The number of phenols is 1. The lowest BCUT2D eigenvalue weighted by Gasteiger charge is -2.04. The van der Waals surface area contributed by atoms with Gasteiger partial charge in [0, 0.05) is 23.6 Å². The number of rotatable bonds is 3. The third-order valence-electron chi connectivity index (χ3n) is 2.04. The molecule has 2 aromatic rings. The molecule has 0 saturated carbocycles. The Labute approximate surface area is 92.1 Å². The van der Waals surface area contributed by atoms with Gasteiger partial charge in [-0.15, -0.1) is 0 Å². The number of aromatic nitrogens is 2. The molecule has 5 heteroatoms. The van der Waals surface area contributed by atoms with Crippen LogP contribution in [0, 0.1) is 0 Å². The van der Waals surface area contributed by atoms with E-state index in [-0.39, 0.29) is 18.1 Å². The fourth-order valence-corrected chi connectivity index (χ4v) is 1.34. The average molecular weight is 217 g/mol. The standard InChI is InChI=1S/C11H11N3O2/c15-10-3-1-2-8(6-10)13-11(16)7-9-4-5-12-14-9/h1-6,15H,7H2,(H,12,14)(H,13,16). The van der Waals surface area contributed by atoms with Gasteiger partial charge in [0.2, 0.25) is 5.91 Å². The van der Waals surface area contributed by atoms with Gasteiger partial charge in [-0.05, 0) is 18.2 Å². The van der Waals surface area contributed by atoms with Crippen LogP contribution >= 0.6 is 0 Å². The molecule has 0 radical (unpaired) electrons. The van der Waals surface area contributed by atoms with Crippen molar-refractivity contribution < 1.29 is 9.90 Å². The first-order valence-corrected chi connectivity index (χ1v) is 4.81. The van der Waals surface area contributed by atoms with Crippen LogP contribution in [-0.2, 0) is 11.2 Å². The van der Waals surface area contributed by atoms with E-state index in [0.29, 0.717) is 5.69 Å². The van der Waals surface area contributed by atoms with Crippen LogP contribution in [0.15, 0.2) is 36.5 Å². The number of hydrogen-bond donors (Lipinski definition) is 3. The Morgan fingerprint density at radius 3 is 3.00 bits per heavy atom. The highest BCUT2D eigenvalue weighted by Crippen LogP contribution is 2.15. The van der Waals surface area contributed by atoms with Gasteiger partial charge in [0.25, 0.3) is 0 Å². The van der Waals surface area contributed by atoms with E-state index in [1.54, 1.807) is 30.5 Å². The van der Waals surface area contributed by atoms with Crippen LogP contribution in [0.3, 0.4) is 0 Å². The first kappa shape index (κ1) is 10.2. The number of nitrogens with one attached hydrogen (secondary N) is 2. The summed E-state index contributed by atoms with van der Waals surface area (Å²) in [5.74, 6) is -0.0332. The molecular formula is C11H11N3O2. The molecule has 2 rings (SSSR count). The van der Waals surface area contributed by atoms with Crippen molar-refractivity contribution in [3.05, 3.63) is 42.2 Å². The van der Waals surface area contributed by atoms with Crippen molar-refractivity contribution in [2.24, 2.45) is 0 Å². The third kappa shape index (κ3) is 2.60. The van der Waals surface area contributed by atoms with Crippen LogP contribution in [0.2, 0.25) is 0 Å². The Hall–Kier alpha value is -2.30. The summed E-state index contributed by atoms with van der Waals surface area (Å²) in [6, 6.07) is 8.16. The molecular weight excluding hydrogens is 206 g/mol. The van der Waals surface area contributed by atoms with Gasteiger partial charge in [-0.1, -0.05) is 6.07 Å². The number of aromatic amines is 1. The number of carbonyl (C=O) groups is 1. The molecule has 0 fully saturated rings. The largest absolute Gasteiger partial charge is 0.508 e. The zero-order valence-electron chi connectivity index (χ0n) is 8.47. The molecule has 3 N–H and O–H groups in total. The van der Waals surface area contributed by atoms with E-state index in [9.17, 15) is 9.90 Å². The van der Waals surface area contributed by atoms with Crippen molar-refractivity contribution in [2.75, 3.05) is 5.32 Å². The minimum atomic E-state index is -0.158. The Bertz CT molecular complexity index is 480. The summed E-state index contributed by atoms with van der Waals surface area (Å²) in [7, 11) is 0. The molecule has 82 valence electrons. The van der Waals surface area contributed by atoms with Crippen LogP contribution in [-0.4, -0.2) is 21.2 Å². The molecule has 0 atom stereocenters. The molecule has 0 aliphatic heterocycles. The second kappa shape index (κ2) is 4.48. The second-order valence-electron chi connectivity index (χ2n) is 3.36. The highest BCUT2D eigenvalue weighted by Gasteiger charge is 2.04. The van der Waals surface area contributed by atoms with E-state index < -0.39 is 0 Å². The molecule has 0 unspecified atom stereocenters. The average Bonchev–Trinajstić information content (AvgIpc) is 2.70. The van der Waals surface area contributed by atoms with Crippen LogP contribution < -0.4 is 5.32 Å². The monoisotopic (exact) mass is 217 g/mol. The molecule has 0 aliphatic carbocycles. The first-order chi connectivity index (χ1) is 7.74. The van der Waals surface area contributed by atoms with Crippen molar-refractivity contribution in [3.63, 3.8) is 0 Å². The number of anilines is 1. The smallest absolute Gasteiger partial charge is 0.230 e. The summed E-state index contributed by atoms with van der Waals surface area (Å²) in [6.45, 7) is 0. The summed E-state index contributed by atoms with van der Waals surface area (Å²) in [4.78, 5) is 11.6. The van der Waals surface area contributed by atoms with Crippen LogP contribution in [0.4, 0.5) is 5.69 Å². The molecule has 16 heavy (non-hydrogen) atoms. The highest BCUT2D eigenvalue weighted by molar-refractivity contribution is 5.92. The number of phenolic OH excluding ortho intramolecular Hbond substituents is 1. The van der Waals surface area contributed by atoms with Gasteiger partial charge in [0.15, 0.2) is 0 Å². The zero-order chi connectivity index (χ0) is 11.4. The Morgan fingerprint density at radius 2 is 2.31 bits per heavy atom. The summed E-state index contributed by atoms with van der Waals surface area (Å²) in [5, 5.41) is 18.3. The van der Waals surface area contributed by atoms with Gasteiger partial charge in [-0.3, -0.25) is 9.89 Å². The van der Waals surface area contributed by atoms with Crippen molar-refractivity contribution in [2.45, 2.75) is 6.42 Å². The Morgan fingerprint density at radius 1 is 1.44 bits per heavy atom. The maximum atomic E-state index is 11.6. The molecule has 0 saturated heterocycles. The fraction of sp³-hybridized carbons (Fsp3) is 0.0909. The van der Waals surface area contributed by atoms with Crippen molar-refractivity contribution >= 4 is 11.6 Å². The summed E-state index contributed by atoms with van der Waals surface area (Å²) < 4.78 is 0. The lowest BCUT2D eigenvalue weighted by atomic mass is 10.2. The highest BCUT2D eigenvalue weighted by atomic mass is 16.3. The topological polar surface area (TPSA) is 78.0 Å². The number of aromatic hydroxyl groups is 1. The minimum Gasteiger partial charge on any atom is -0.508 e. The number of nitrogens with zero attached hydrogens (tertiary/aromatic N) is 1.